The Morgan fingerprint density at radius 2 is 2.31 bits per heavy atom. The molecule has 0 bridgehead atoms. The average Bonchev–Trinajstić information content (AvgIpc) is 2.68. The van der Waals surface area contributed by atoms with E-state index in [0.29, 0.717) is 6.42 Å². The third kappa shape index (κ3) is 2.07. The van der Waals surface area contributed by atoms with Crippen LogP contribution in [-0.4, -0.2) is 0 Å². The van der Waals surface area contributed by atoms with Gasteiger partial charge in [0.25, 0.3) is 0 Å². The van der Waals surface area contributed by atoms with Crippen molar-refractivity contribution < 1.29 is 4.39 Å². The van der Waals surface area contributed by atoms with Gasteiger partial charge in [-0.1, -0.05) is 0 Å². The second-order valence-corrected chi connectivity index (χ2v) is 4.57. The highest BCUT2D eigenvalue weighted by Gasteiger charge is 2.12. The van der Waals surface area contributed by atoms with Gasteiger partial charge in [0.15, 0.2) is 0 Å². The van der Waals surface area contributed by atoms with Gasteiger partial charge in [0.1, 0.15) is 5.82 Å². The minimum atomic E-state index is -0.231. The molecule has 1 heterocycles. The zero-order chi connectivity index (χ0) is 11.5. The fraction of sp³-hybridized carbons (Fsp3) is 0.167. The zero-order valence-electron chi connectivity index (χ0n) is 8.53. The number of halogens is 1. The largest absolute Gasteiger partial charge is 0.271 e. The highest BCUT2D eigenvalue weighted by Crippen LogP contribution is 2.31. The quantitative estimate of drug-likeness (QED) is 0.486. The number of hydrazine groups is 1. The Labute approximate surface area is 97.2 Å². The van der Waals surface area contributed by atoms with Crippen molar-refractivity contribution in [3.8, 4) is 12.3 Å². The smallest absolute Gasteiger partial charge is 0.123 e. The molecular weight excluding hydrogens is 223 g/mol. The monoisotopic (exact) mass is 234 g/mol. The van der Waals surface area contributed by atoms with E-state index in [-0.39, 0.29) is 11.9 Å². The van der Waals surface area contributed by atoms with Gasteiger partial charge >= 0.3 is 0 Å². The van der Waals surface area contributed by atoms with Crippen LogP contribution in [0, 0.1) is 18.2 Å². The van der Waals surface area contributed by atoms with Crippen LogP contribution >= 0.6 is 11.3 Å². The number of rotatable bonds is 3. The second-order valence-electron chi connectivity index (χ2n) is 3.46. The van der Waals surface area contributed by atoms with Gasteiger partial charge in [-0.2, -0.15) is 0 Å². The van der Waals surface area contributed by atoms with E-state index in [4.69, 9.17) is 12.3 Å². The first-order valence-electron chi connectivity index (χ1n) is 4.83. The minimum absolute atomic E-state index is 0.0644. The second kappa shape index (κ2) is 4.62. The maximum absolute atomic E-state index is 13.0. The molecule has 1 atom stereocenters. The van der Waals surface area contributed by atoms with Crippen LogP contribution in [0.1, 0.15) is 17.3 Å². The molecule has 0 saturated carbocycles. The molecular formula is C12H11FN2S. The number of fused-ring (bicyclic) bond motifs is 1. The lowest BCUT2D eigenvalue weighted by Crippen LogP contribution is -2.26. The van der Waals surface area contributed by atoms with E-state index in [9.17, 15) is 4.39 Å². The fourth-order valence-electron chi connectivity index (χ4n) is 1.57. The van der Waals surface area contributed by atoms with Crippen LogP contribution in [-0.2, 0) is 0 Å². The fourth-order valence-corrected chi connectivity index (χ4v) is 2.67. The molecule has 2 nitrogen and oxygen atoms in total. The Bertz CT molecular complexity index is 541. The molecule has 1 aromatic carbocycles. The third-order valence-corrected chi connectivity index (χ3v) is 3.59. The first-order chi connectivity index (χ1) is 7.74. The molecule has 0 amide bonds. The highest BCUT2D eigenvalue weighted by atomic mass is 32.1. The van der Waals surface area contributed by atoms with Crippen LogP contribution < -0.4 is 11.3 Å². The maximum atomic E-state index is 13.0. The van der Waals surface area contributed by atoms with E-state index in [1.807, 2.05) is 6.07 Å². The molecule has 2 rings (SSSR count). The lowest BCUT2D eigenvalue weighted by atomic mass is 10.1. The summed E-state index contributed by atoms with van der Waals surface area (Å²) < 4.78 is 14.0. The number of nitrogens with one attached hydrogen (secondary N) is 1. The predicted molar refractivity (Wildman–Crippen MR) is 65.3 cm³/mol. The first kappa shape index (κ1) is 11.1. The van der Waals surface area contributed by atoms with E-state index >= 15 is 0 Å². The van der Waals surface area contributed by atoms with Crippen LogP contribution in [0.4, 0.5) is 4.39 Å². The van der Waals surface area contributed by atoms with Crippen molar-refractivity contribution in [1.29, 1.82) is 0 Å². The summed E-state index contributed by atoms with van der Waals surface area (Å²) >= 11 is 1.57. The molecule has 0 fully saturated rings. The van der Waals surface area contributed by atoms with Crippen molar-refractivity contribution >= 4 is 21.4 Å². The normalized spacial score (nSPS) is 12.6. The van der Waals surface area contributed by atoms with Crippen LogP contribution in [0.15, 0.2) is 24.3 Å². The van der Waals surface area contributed by atoms with Crippen LogP contribution in [0.5, 0.6) is 0 Å². The van der Waals surface area contributed by atoms with E-state index in [0.717, 1.165) is 15.0 Å². The molecule has 1 unspecified atom stereocenters. The van der Waals surface area contributed by atoms with Gasteiger partial charge in [0.2, 0.25) is 0 Å². The van der Waals surface area contributed by atoms with Gasteiger partial charge in [-0.05, 0) is 29.7 Å². The Hall–Kier alpha value is -1.41. The van der Waals surface area contributed by atoms with Crippen molar-refractivity contribution in [2.24, 2.45) is 5.84 Å². The molecule has 0 aliphatic heterocycles. The van der Waals surface area contributed by atoms with Crippen LogP contribution in [0.25, 0.3) is 10.1 Å². The number of hydrogen-bond donors (Lipinski definition) is 2. The Balaban J connectivity index is 2.42. The minimum Gasteiger partial charge on any atom is -0.271 e. The molecule has 0 spiro atoms. The summed E-state index contributed by atoms with van der Waals surface area (Å²) in [5, 5.41) is 0.886. The van der Waals surface area contributed by atoms with Crippen molar-refractivity contribution in [2.45, 2.75) is 12.5 Å². The topological polar surface area (TPSA) is 38.0 Å². The van der Waals surface area contributed by atoms with Crippen molar-refractivity contribution in [3.63, 3.8) is 0 Å². The molecule has 2 aromatic rings. The molecule has 4 heteroatoms. The molecule has 1 aromatic heterocycles. The van der Waals surface area contributed by atoms with Crippen molar-refractivity contribution in [1.82, 2.24) is 5.43 Å². The predicted octanol–water partition coefficient (Wildman–Crippen LogP) is 2.57. The first-order valence-corrected chi connectivity index (χ1v) is 5.65. The summed E-state index contributed by atoms with van der Waals surface area (Å²) in [7, 11) is 0. The molecule has 0 aliphatic carbocycles. The lowest BCUT2D eigenvalue weighted by molar-refractivity contribution is 0.577. The van der Waals surface area contributed by atoms with E-state index in [2.05, 4.69) is 11.3 Å². The summed E-state index contributed by atoms with van der Waals surface area (Å²) in [6, 6.07) is 6.59. The average molecular weight is 234 g/mol. The zero-order valence-corrected chi connectivity index (χ0v) is 9.35. The molecule has 0 aliphatic rings. The van der Waals surface area contributed by atoms with E-state index in [1.54, 1.807) is 17.4 Å². The maximum Gasteiger partial charge on any atom is 0.123 e. The lowest BCUT2D eigenvalue weighted by Gasteiger charge is -2.09. The highest BCUT2D eigenvalue weighted by molar-refractivity contribution is 7.19. The van der Waals surface area contributed by atoms with E-state index < -0.39 is 0 Å². The molecule has 0 radical (unpaired) electrons. The van der Waals surface area contributed by atoms with Gasteiger partial charge in [0.05, 0.1) is 6.04 Å². The molecule has 0 saturated heterocycles. The number of thiophene rings is 1. The van der Waals surface area contributed by atoms with Gasteiger partial charge in [0, 0.05) is 16.0 Å². The summed E-state index contributed by atoms with van der Waals surface area (Å²) in [6.45, 7) is 0. The number of benzene rings is 1. The standard InChI is InChI=1S/C12H11FN2S/c1-2-3-10(15-14)12-7-8-6-9(13)4-5-11(8)16-12/h1,4-7,10,15H,3,14H2. The van der Waals surface area contributed by atoms with Crippen molar-refractivity contribution in [3.05, 3.63) is 35.0 Å². The molecule has 82 valence electrons. The van der Waals surface area contributed by atoms with Gasteiger partial charge in [-0.3, -0.25) is 11.3 Å². The van der Waals surface area contributed by atoms with Crippen molar-refractivity contribution in [2.75, 3.05) is 0 Å². The summed E-state index contributed by atoms with van der Waals surface area (Å²) in [5.74, 6) is 7.76. The summed E-state index contributed by atoms with van der Waals surface area (Å²) in [6.07, 6.45) is 5.78. The third-order valence-electron chi connectivity index (χ3n) is 2.36. The number of nitrogens with two attached hydrogens (primary N) is 1. The van der Waals surface area contributed by atoms with Crippen LogP contribution in [0.2, 0.25) is 0 Å². The van der Waals surface area contributed by atoms with Gasteiger partial charge in [-0.15, -0.1) is 23.7 Å². The molecule has 3 N–H and O–H groups in total. The Morgan fingerprint density at radius 1 is 1.50 bits per heavy atom. The Kier molecular flexibility index (Phi) is 3.20. The van der Waals surface area contributed by atoms with E-state index in [1.165, 1.54) is 12.1 Å². The number of hydrogen-bond acceptors (Lipinski definition) is 3. The Morgan fingerprint density at radius 3 is 3.00 bits per heavy atom. The summed E-state index contributed by atoms with van der Waals surface area (Å²) in [5.41, 5.74) is 2.67. The van der Waals surface area contributed by atoms with Gasteiger partial charge < -0.3 is 0 Å². The summed E-state index contributed by atoms with van der Waals surface area (Å²) in [4.78, 5) is 1.03. The number of terminal acetylenes is 1. The van der Waals surface area contributed by atoms with Crippen LogP contribution in [0.3, 0.4) is 0 Å². The SMILES string of the molecule is C#CCC(NN)c1cc2cc(F)ccc2s1. The molecule has 16 heavy (non-hydrogen) atoms. The van der Waals surface area contributed by atoms with Gasteiger partial charge in [-0.25, -0.2) is 4.39 Å².